The molecule has 116 valence electrons. The van der Waals surface area contributed by atoms with Gasteiger partial charge >= 0.3 is 0 Å². The van der Waals surface area contributed by atoms with Gasteiger partial charge in [0, 0.05) is 48.9 Å². The quantitative estimate of drug-likeness (QED) is 0.763. The lowest BCUT2D eigenvalue weighted by molar-refractivity contribution is -0.116. The van der Waals surface area contributed by atoms with Crippen LogP contribution in [0, 0.1) is 0 Å². The Hall–Kier alpha value is -2.82. The second-order valence-corrected chi connectivity index (χ2v) is 5.83. The molecule has 3 aromatic rings. The zero-order valence-electron chi connectivity index (χ0n) is 13.0. The smallest absolute Gasteiger partial charge is 0.224 e. The molecule has 2 N–H and O–H groups in total. The predicted octanol–water partition coefficient (Wildman–Crippen LogP) is 3.32. The normalized spacial score (nSPS) is 14.2. The average molecular weight is 306 g/mol. The number of fused-ring (bicyclic) bond motifs is 2. The second-order valence-electron chi connectivity index (χ2n) is 5.83. The Balaban J connectivity index is 1.77. The number of amides is 1. The Morgan fingerprint density at radius 1 is 1.22 bits per heavy atom. The molecule has 4 rings (SSSR count). The van der Waals surface area contributed by atoms with Crippen LogP contribution in [-0.2, 0) is 11.2 Å². The highest BCUT2D eigenvalue weighted by Crippen LogP contribution is 2.28. The predicted molar refractivity (Wildman–Crippen MR) is 91.7 cm³/mol. The molecule has 1 amide bonds. The molecule has 0 saturated heterocycles. The van der Waals surface area contributed by atoms with E-state index in [0.29, 0.717) is 6.42 Å². The fourth-order valence-electron chi connectivity index (χ4n) is 3.00. The molecular formula is C18H18N4O. The monoisotopic (exact) mass is 306 g/mol. The van der Waals surface area contributed by atoms with Crippen molar-refractivity contribution in [3.63, 3.8) is 0 Å². The van der Waals surface area contributed by atoms with E-state index in [1.807, 2.05) is 42.0 Å². The van der Waals surface area contributed by atoms with Gasteiger partial charge in [0.05, 0.1) is 5.69 Å². The third-order valence-electron chi connectivity index (χ3n) is 4.28. The minimum atomic E-state index is 0.0922. The van der Waals surface area contributed by atoms with Gasteiger partial charge in [0.15, 0.2) is 0 Å². The molecule has 0 spiro atoms. The number of aryl methyl sites for hydroxylation is 1. The number of anilines is 2. The van der Waals surface area contributed by atoms with E-state index in [0.717, 1.165) is 41.1 Å². The summed E-state index contributed by atoms with van der Waals surface area (Å²) in [6, 6.07) is 10.2. The molecule has 1 aliphatic heterocycles. The van der Waals surface area contributed by atoms with Gasteiger partial charge in [-0.25, -0.2) is 4.98 Å². The summed E-state index contributed by atoms with van der Waals surface area (Å²) in [5.74, 6) is 0.0922. The first-order chi connectivity index (χ1) is 11.2. The van der Waals surface area contributed by atoms with Crippen molar-refractivity contribution in [1.82, 2.24) is 9.38 Å². The summed E-state index contributed by atoms with van der Waals surface area (Å²) in [5.41, 5.74) is 5.95. The number of nitrogens with zero attached hydrogens (tertiary/aromatic N) is 2. The van der Waals surface area contributed by atoms with Gasteiger partial charge in [0.1, 0.15) is 5.65 Å². The fourth-order valence-corrected chi connectivity index (χ4v) is 3.00. The van der Waals surface area contributed by atoms with Gasteiger partial charge in [0.25, 0.3) is 0 Å². The SMILES string of the molecule is CNc1ccn2cc(-c3ccc4c(c3)NC(=O)CCC4)nc2c1. The van der Waals surface area contributed by atoms with Crippen LogP contribution in [0.2, 0.25) is 0 Å². The molecule has 5 heteroatoms. The molecule has 0 bridgehead atoms. The number of hydrogen-bond acceptors (Lipinski definition) is 3. The van der Waals surface area contributed by atoms with E-state index < -0.39 is 0 Å². The molecule has 0 aliphatic carbocycles. The number of nitrogens with one attached hydrogen (secondary N) is 2. The van der Waals surface area contributed by atoms with Crippen molar-refractivity contribution >= 4 is 22.9 Å². The lowest BCUT2D eigenvalue weighted by Crippen LogP contribution is -2.09. The highest BCUT2D eigenvalue weighted by molar-refractivity contribution is 5.93. The van der Waals surface area contributed by atoms with Crippen molar-refractivity contribution in [2.45, 2.75) is 19.3 Å². The molecule has 1 aromatic carbocycles. The molecule has 1 aliphatic rings. The number of aromatic nitrogens is 2. The van der Waals surface area contributed by atoms with E-state index in [1.54, 1.807) is 0 Å². The van der Waals surface area contributed by atoms with E-state index in [9.17, 15) is 4.79 Å². The highest BCUT2D eigenvalue weighted by Gasteiger charge is 2.14. The van der Waals surface area contributed by atoms with Gasteiger partial charge in [-0.2, -0.15) is 0 Å². The summed E-state index contributed by atoms with van der Waals surface area (Å²) in [4.78, 5) is 16.5. The number of rotatable bonds is 2. The van der Waals surface area contributed by atoms with Crippen LogP contribution in [0.4, 0.5) is 11.4 Å². The van der Waals surface area contributed by atoms with E-state index in [4.69, 9.17) is 4.98 Å². The van der Waals surface area contributed by atoms with Crippen LogP contribution in [0.15, 0.2) is 42.7 Å². The number of carbonyl (C=O) groups is 1. The Kier molecular flexibility index (Phi) is 3.26. The van der Waals surface area contributed by atoms with E-state index in [-0.39, 0.29) is 5.91 Å². The first-order valence-corrected chi connectivity index (χ1v) is 7.82. The lowest BCUT2D eigenvalue weighted by atomic mass is 10.0. The number of imidazole rings is 1. The summed E-state index contributed by atoms with van der Waals surface area (Å²) >= 11 is 0. The Morgan fingerprint density at radius 2 is 2.13 bits per heavy atom. The molecule has 2 aromatic heterocycles. The van der Waals surface area contributed by atoms with Crippen LogP contribution >= 0.6 is 0 Å². The molecular weight excluding hydrogens is 288 g/mol. The van der Waals surface area contributed by atoms with E-state index in [2.05, 4.69) is 22.8 Å². The van der Waals surface area contributed by atoms with Crippen LogP contribution in [0.25, 0.3) is 16.9 Å². The molecule has 0 unspecified atom stereocenters. The van der Waals surface area contributed by atoms with Crippen LogP contribution < -0.4 is 10.6 Å². The third kappa shape index (κ3) is 2.54. The summed E-state index contributed by atoms with van der Waals surface area (Å²) in [5, 5.41) is 6.12. The molecule has 3 heterocycles. The number of carbonyl (C=O) groups excluding carboxylic acids is 1. The van der Waals surface area contributed by atoms with Crippen molar-refractivity contribution in [2.24, 2.45) is 0 Å². The first-order valence-electron chi connectivity index (χ1n) is 7.82. The van der Waals surface area contributed by atoms with Crippen LogP contribution in [0.3, 0.4) is 0 Å². The second kappa shape index (κ2) is 5.43. The third-order valence-corrected chi connectivity index (χ3v) is 4.28. The van der Waals surface area contributed by atoms with Crippen molar-refractivity contribution in [3.05, 3.63) is 48.3 Å². The van der Waals surface area contributed by atoms with Crippen LogP contribution in [-0.4, -0.2) is 22.3 Å². The van der Waals surface area contributed by atoms with Crippen molar-refractivity contribution in [3.8, 4) is 11.3 Å². The summed E-state index contributed by atoms with van der Waals surface area (Å²) in [7, 11) is 1.89. The standard InChI is InChI=1S/C18H18N4O/c1-19-14-7-8-22-11-16(20-17(22)10-14)13-6-5-12-3-2-4-18(23)21-15(12)9-13/h5-11,19H,2-4H2,1H3,(H,21,23). The van der Waals surface area contributed by atoms with E-state index in [1.165, 1.54) is 5.56 Å². The topological polar surface area (TPSA) is 58.4 Å². The molecule has 0 atom stereocenters. The van der Waals surface area contributed by atoms with Gasteiger partial charge in [-0.3, -0.25) is 4.79 Å². The molecule has 0 radical (unpaired) electrons. The summed E-state index contributed by atoms with van der Waals surface area (Å²) in [6.07, 6.45) is 6.42. The largest absolute Gasteiger partial charge is 0.388 e. The zero-order chi connectivity index (χ0) is 15.8. The van der Waals surface area contributed by atoms with Crippen molar-refractivity contribution in [2.75, 3.05) is 17.7 Å². The van der Waals surface area contributed by atoms with Crippen molar-refractivity contribution in [1.29, 1.82) is 0 Å². The minimum Gasteiger partial charge on any atom is -0.388 e. The van der Waals surface area contributed by atoms with Gasteiger partial charge in [-0.05, 0) is 30.5 Å². The maximum atomic E-state index is 11.8. The number of pyridine rings is 1. The Bertz CT molecular complexity index is 897. The van der Waals surface area contributed by atoms with Gasteiger partial charge in [0.2, 0.25) is 5.91 Å². The van der Waals surface area contributed by atoms with Crippen molar-refractivity contribution < 1.29 is 4.79 Å². The average Bonchev–Trinajstić information content (AvgIpc) is 2.89. The fraction of sp³-hybridized carbons (Fsp3) is 0.222. The molecule has 0 fully saturated rings. The Labute approximate surface area is 134 Å². The highest BCUT2D eigenvalue weighted by atomic mass is 16.1. The molecule has 23 heavy (non-hydrogen) atoms. The van der Waals surface area contributed by atoms with Crippen LogP contribution in [0.5, 0.6) is 0 Å². The van der Waals surface area contributed by atoms with Crippen LogP contribution in [0.1, 0.15) is 18.4 Å². The van der Waals surface area contributed by atoms with E-state index >= 15 is 0 Å². The zero-order valence-corrected chi connectivity index (χ0v) is 13.0. The lowest BCUT2D eigenvalue weighted by Gasteiger charge is -2.08. The summed E-state index contributed by atoms with van der Waals surface area (Å²) < 4.78 is 2.00. The molecule has 5 nitrogen and oxygen atoms in total. The number of benzene rings is 1. The van der Waals surface area contributed by atoms with Gasteiger partial charge < -0.3 is 15.0 Å². The Morgan fingerprint density at radius 3 is 3.00 bits per heavy atom. The van der Waals surface area contributed by atoms with Gasteiger partial charge in [-0.15, -0.1) is 0 Å². The maximum Gasteiger partial charge on any atom is 0.224 e. The summed E-state index contributed by atoms with van der Waals surface area (Å²) in [6.45, 7) is 0. The first kappa shape index (κ1) is 13.8. The molecule has 0 saturated carbocycles. The minimum absolute atomic E-state index is 0.0922. The van der Waals surface area contributed by atoms with Gasteiger partial charge in [-0.1, -0.05) is 12.1 Å². The number of hydrogen-bond donors (Lipinski definition) is 2. The maximum absolute atomic E-state index is 11.8.